The van der Waals surface area contributed by atoms with Crippen molar-refractivity contribution in [2.45, 2.75) is 45.6 Å². The first-order valence-corrected chi connectivity index (χ1v) is 7.84. The molecule has 1 heterocycles. The summed E-state index contributed by atoms with van der Waals surface area (Å²) in [6, 6.07) is 0. The fraction of sp³-hybridized carbons (Fsp3) is 0.933. The molecule has 0 spiro atoms. The van der Waals surface area contributed by atoms with Crippen LogP contribution in [0.2, 0.25) is 0 Å². The standard InChI is InChI=1S/C15H31N3O2.HI/c1-5-15(19,6-2)12-17-14(16-7-3)18(4)10-13-8-9-20-11-13;/h13,19H,5-12H2,1-4H3,(H,16,17);1H. The monoisotopic (exact) mass is 413 g/mol. The van der Waals surface area contributed by atoms with E-state index in [-0.39, 0.29) is 24.0 Å². The zero-order valence-electron chi connectivity index (χ0n) is 13.9. The van der Waals surface area contributed by atoms with Crippen molar-refractivity contribution >= 4 is 29.9 Å². The van der Waals surface area contributed by atoms with Gasteiger partial charge in [0.05, 0.1) is 18.8 Å². The number of rotatable bonds is 7. The van der Waals surface area contributed by atoms with Crippen molar-refractivity contribution < 1.29 is 9.84 Å². The summed E-state index contributed by atoms with van der Waals surface area (Å²) in [6.45, 7) is 10.0. The molecule has 5 nitrogen and oxygen atoms in total. The molecule has 2 N–H and O–H groups in total. The van der Waals surface area contributed by atoms with Gasteiger partial charge in [-0.25, -0.2) is 0 Å². The number of nitrogens with one attached hydrogen (secondary N) is 1. The van der Waals surface area contributed by atoms with Crippen LogP contribution in [0.3, 0.4) is 0 Å². The number of ether oxygens (including phenoxy) is 1. The summed E-state index contributed by atoms with van der Waals surface area (Å²) in [4.78, 5) is 6.76. The Bertz CT molecular complexity index is 303. The summed E-state index contributed by atoms with van der Waals surface area (Å²) >= 11 is 0. The van der Waals surface area contributed by atoms with Gasteiger partial charge in [-0.05, 0) is 26.2 Å². The summed E-state index contributed by atoms with van der Waals surface area (Å²) in [5, 5.41) is 13.6. The van der Waals surface area contributed by atoms with Crippen molar-refractivity contribution in [2.24, 2.45) is 10.9 Å². The summed E-state index contributed by atoms with van der Waals surface area (Å²) in [6.07, 6.45) is 2.58. The molecule has 0 aromatic heterocycles. The average molecular weight is 413 g/mol. The zero-order valence-corrected chi connectivity index (χ0v) is 16.2. The van der Waals surface area contributed by atoms with Crippen LogP contribution in [0, 0.1) is 5.92 Å². The molecule has 0 aromatic carbocycles. The van der Waals surface area contributed by atoms with Gasteiger partial charge < -0.3 is 20.1 Å². The quantitative estimate of drug-likeness (QED) is 0.381. The molecule has 126 valence electrons. The van der Waals surface area contributed by atoms with Crippen LogP contribution >= 0.6 is 24.0 Å². The van der Waals surface area contributed by atoms with E-state index >= 15 is 0 Å². The molecule has 1 atom stereocenters. The minimum atomic E-state index is -0.683. The Hall–Kier alpha value is -0.0800. The van der Waals surface area contributed by atoms with Gasteiger partial charge >= 0.3 is 0 Å². The SMILES string of the molecule is CCNC(=NCC(O)(CC)CC)N(C)CC1CCOC1.I. The van der Waals surface area contributed by atoms with Crippen molar-refractivity contribution in [1.29, 1.82) is 0 Å². The molecule has 0 radical (unpaired) electrons. The number of aliphatic hydroxyl groups is 1. The average Bonchev–Trinajstić information content (AvgIpc) is 2.95. The highest BCUT2D eigenvalue weighted by Gasteiger charge is 2.23. The number of guanidine groups is 1. The minimum Gasteiger partial charge on any atom is -0.388 e. The molecule has 1 aliphatic heterocycles. The predicted octanol–water partition coefficient (Wildman–Crippen LogP) is 2.09. The van der Waals surface area contributed by atoms with Crippen LogP contribution in [0.5, 0.6) is 0 Å². The van der Waals surface area contributed by atoms with Gasteiger partial charge in [-0.2, -0.15) is 0 Å². The van der Waals surface area contributed by atoms with E-state index < -0.39 is 5.60 Å². The van der Waals surface area contributed by atoms with Gasteiger partial charge in [0, 0.05) is 32.7 Å². The van der Waals surface area contributed by atoms with E-state index in [9.17, 15) is 5.11 Å². The van der Waals surface area contributed by atoms with Gasteiger partial charge in [0.25, 0.3) is 0 Å². The number of halogens is 1. The summed E-state index contributed by atoms with van der Waals surface area (Å²) < 4.78 is 5.42. The summed E-state index contributed by atoms with van der Waals surface area (Å²) in [5.41, 5.74) is -0.683. The fourth-order valence-electron chi connectivity index (χ4n) is 2.37. The van der Waals surface area contributed by atoms with Gasteiger partial charge in [-0.3, -0.25) is 4.99 Å². The third kappa shape index (κ3) is 7.15. The van der Waals surface area contributed by atoms with Crippen molar-refractivity contribution in [3.63, 3.8) is 0 Å². The van der Waals surface area contributed by atoms with Crippen LogP contribution in [0.15, 0.2) is 4.99 Å². The van der Waals surface area contributed by atoms with Crippen LogP contribution in [-0.2, 0) is 4.74 Å². The first-order chi connectivity index (χ1) is 9.54. The van der Waals surface area contributed by atoms with Crippen LogP contribution in [-0.4, -0.2) is 61.5 Å². The third-order valence-corrected chi connectivity index (χ3v) is 4.09. The van der Waals surface area contributed by atoms with Gasteiger partial charge in [0.2, 0.25) is 0 Å². The molecule has 21 heavy (non-hydrogen) atoms. The highest BCUT2D eigenvalue weighted by atomic mass is 127. The molecule has 0 aromatic rings. The molecule has 0 amide bonds. The summed E-state index contributed by atoms with van der Waals surface area (Å²) in [5.74, 6) is 1.46. The van der Waals surface area contributed by atoms with Crippen LogP contribution in [0.4, 0.5) is 0 Å². The lowest BCUT2D eigenvalue weighted by molar-refractivity contribution is 0.0416. The van der Waals surface area contributed by atoms with E-state index in [1.165, 1.54) is 0 Å². The van der Waals surface area contributed by atoms with Gasteiger partial charge in [0.15, 0.2) is 5.96 Å². The third-order valence-electron chi connectivity index (χ3n) is 4.09. The van der Waals surface area contributed by atoms with E-state index in [0.717, 1.165) is 51.5 Å². The lowest BCUT2D eigenvalue weighted by atomic mass is 9.98. The Morgan fingerprint density at radius 1 is 1.38 bits per heavy atom. The van der Waals surface area contributed by atoms with Crippen molar-refractivity contribution in [3.05, 3.63) is 0 Å². The Kier molecular flexibility index (Phi) is 10.6. The maximum absolute atomic E-state index is 10.3. The smallest absolute Gasteiger partial charge is 0.193 e. The van der Waals surface area contributed by atoms with Crippen LogP contribution in [0.1, 0.15) is 40.0 Å². The largest absolute Gasteiger partial charge is 0.388 e. The summed E-state index contributed by atoms with van der Waals surface area (Å²) in [7, 11) is 2.05. The predicted molar refractivity (Wildman–Crippen MR) is 98.5 cm³/mol. The molecule has 1 rings (SSSR count). The van der Waals surface area contributed by atoms with Crippen molar-refractivity contribution in [2.75, 3.05) is 39.9 Å². The number of hydrogen-bond acceptors (Lipinski definition) is 3. The van der Waals surface area contributed by atoms with E-state index in [2.05, 4.69) is 29.2 Å². The van der Waals surface area contributed by atoms with Crippen LogP contribution in [0.25, 0.3) is 0 Å². The number of hydrogen-bond donors (Lipinski definition) is 2. The Morgan fingerprint density at radius 2 is 2.05 bits per heavy atom. The maximum atomic E-state index is 10.3. The molecule has 0 bridgehead atoms. The van der Waals surface area contributed by atoms with E-state index in [0.29, 0.717) is 12.5 Å². The second-order valence-corrected chi connectivity index (χ2v) is 5.71. The lowest BCUT2D eigenvalue weighted by Crippen LogP contribution is -2.43. The second-order valence-electron chi connectivity index (χ2n) is 5.71. The Balaban J connectivity index is 0.00000400. The van der Waals surface area contributed by atoms with Gasteiger partial charge in [-0.15, -0.1) is 24.0 Å². The zero-order chi connectivity index (χ0) is 15.0. The fourth-order valence-corrected chi connectivity index (χ4v) is 2.37. The van der Waals surface area contributed by atoms with E-state index in [1.807, 2.05) is 13.8 Å². The normalized spacial score (nSPS) is 19.3. The van der Waals surface area contributed by atoms with Crippen LogP contribution < -0.4 is 5.32 Å². The highest BCUT2D eigenvalue weighted by Crippen LogP contribution is 2.16. The van der Waals surface area contributed by atoms with Crippen molar-refractivity contribution in [1.82, 2.24) is 10.2 Å². The lowest BCUT2D eigenvalue weighted by Gasteiger charge is -2.27. The maximum Gasteiger partial charge on any atom is 0.193 e. The Morgan fingerprint density at radius 3 is 2.52 bits per heavy atom. The molecular weight excluding hydrogens is 381 g/mol. The minimum absolute atomic E-state index is 0. The van der Waals surface area contributed by atoms with Crippen molar-refractivity contribution in [3.8, 4) is 0 Å². The van der Waals surface area contributed by atoms with Gasteiger partial charge in [-0.1, -0.05) is 13.8 Å². The molecular formula is C15H32IN3O2. The van der Waals surface area contributed by atoms with Gasteiger partial charge in [0.1, 0.15) is 0 Å². The first-order valence-electron chi connectivity index (χ1n) is 7.84. The molecule has 1 saturated heterocycles. The molecule has 1 aliphatic rings. The molecule has 1 unspecified atom stereocenters. The number of nitrogens with zero attached hydrogens (tertiary/aromatic N) is 2. The Labute approximate surface area is 146 Å². The molecule has 0 saturated carbocycles. The highest BCUT2D eigenvalue weighted by molar-refractivity contribution is 14.0. The topological polar surface area (TPSA) is 57.1 Å². The molecule has 1 fully saturated rings. The number of aliphatic imine (C=N–C) groups is 1. The first kappa shape index (κ1) is 20.9. The van der Waals surface area contributed by atoms with E-state index in [4.69, 9.17) is 4.74 Å². The molecule has 0 aliphatic carbocycles. The molecule has 6 heteroatoms. The van der Waals surface area contributed by atoms with E-state index in [1.54, 1.807) is 0 Å². The second kappa shape index (κ2) is 10.6.